The summed E-state index contributed by atoms with van der Waals surface area (Å²) in [4.78, 5) is 12.2. The van der Waals surface area contributed by atoms with E-state index in [4.69, 9.17) is 0 Å². The van der Waals surface area contributed by atoms with E-state index in [-0.39, 0.29) is 5.78 Å². The summed E-state index contributed by atoms with van der Waals surface area (Å²) in [6, 6.07) is 13.8. The molecule has 3 heteroatoms. The number of ketones is 1. The van der Waals surface area contributed by atoms with Gasteiger partial charge in [0.1, 0.15) is 0 Å². The fourth-order valence-corrected chi connectivity index (χ4v) is 2.66. The van der Waals surface area contributed by atoms with Crippen molar-refractivity contribution in [1.82, 2.24) is 0 Å². The quantitative estimate of drug-likeness (QED) is 0.521. The average Bonchev–Trinajstić information content (AvgIpc) is 2.32. The summed E-state index contributed by atoms with van der Waals surface area (Å²) in [5, 5.41) is 0. The van der Waals surface area contributed by atoms with Crippen LogP contribution in [0.4, 0.5) is 0 Å². The predicted octanol–water partition coefficient (Wildman–Crippen LogP) is 4.79. The van der Waals surface area contributed by atoms with E-state index in [9.17, 15) is 4.79 Å². The van der Waals surface area contributed by atoms with E-state index in [0.29, 0.717) is 6.42 Å². The molecule has 92 valence electrons. The van der Waals surface area contributed by atoms with Gasteiger partial charge in [0.25, 0.3) is 0 Å². The summed E-state index contributed by atoms with van der Waals surface area (Å²) in [6.45, 7) is 1.96. The molecule has 0 aliphatic carbocycles. The Hall–Kier alpha value is -0.680. The van der Waals surface area contributed by atoms with Crippen LogP contribution in [0, 0.1) is 10.5 Å². The molecule has 0 atom stereocenters. The molecule has 0 spiro atoms. The molecule has 1 nitrogen and oxygen atoms in total. The van der Waals surface area contributed by atoms with Crippen LogP contribution >= 0.6 is 38.5 Å². The molecule has 18 heavy (non-hydrogen) atoms. The van der Waals surface area contributed by atoms with Crippen LogP contribution in [0.1, 0.15) is 21.5 Å². The molecular weight excluding hydrogens is 403 g/mol. The van der Waals surface area contributed by atoms with Gasteiger partial charge in [-0.25, -0.2) is 0 Å². The van der Waals surface area contributed by atoms with Gasteiger partial charge in [0.15, 0.2) is 5.78 Å². The van der Waals surface area contributed by atoms with Crippen molar-refractivity contribution in [3.63, 3.8) is 0 Å². The monoisotopic (exact) mass is 414 g/mol. The molecule has 0 fully saturated rings. The van der Waals surface area contributed by atoms with Gasteiger partial charge in [-0.1, -0.05) is 34.1 Å². The lowest BCUT2D eigenvalue weighted by atomic mass is 9.99. The van der Waals surface area contributed by atoms with Crippen molar-refractivity contribution in [2.24, 2.45) is 0 Å². The number of aryl methyl sites for hydroxylation is 1. The fraction of sp³-hybridized carbons (Fsp3) is 0.133. The van der Waals surface area contributed by atoms with E-state index in [1.807, 2.05) is 49.4 Å². The average molecular weight is 415 g/mol. The minimum Gasteiger partial charge on any atom is -0.294 e. The van der Waals surface area contributed by atoms with E-state index in [1.165, 1.54) is 3.57 Å². The molecule has 0 bridgehead atoms. The molecule has 0 amide bonds. The van der Waals surface area contributed by atoms with Crippen molar-refractivity contribution in [1.29, 1.82) is 0 Å². The van der Waals surface area contributed by atoms with Crippen LogP contribution in [0.15, 0.2) is 46.9 Å². The number of benzene rings is 2. The van der Waals surface area contributed by atoms with Gasteiger partial charge in [-0.2, -0.15) is 0 Å². The Morgan fingerprint density at radius 1 is 1.17 bits per heavy atom. The molecule has 2 rings (SSSR count). The van der Waals surface area contributed by atoms with Gasteiger partial charge in [-0.05, 0) is 64.9 Å². The molecular formula is C15H12BrIO. The SMILES string of the molecule is Cc1cc(Br)ccc1C(=O)Cc1ccc(I)cc1. The first-order valence-electron chi connectivity index (χ1n) is 5.60. The van der Waals surface area contributed by atoms with Crippen molar-refractivity contribution < 1.29 is 4.79 Å². The summed E-state index contributed by atoms with van der Waals surface area (Å²) in [6.07, 6.45) is 0.458. The van der Waals surface area contributed by atoms with E-state index in [0.717, 1.165) is 21.2 Å². The molecule has 0 aliphatic rings. The Labute approximate surface area is 129 Å². The zero-order valence-electron chi connectivity index (χ0n) is 9.91. The first-order valence-corrected chi connectivity index (χ1v) is 7.47. The molecule has 0 radical (unpaired) electrons. The van der Waals surface area contributed by atoms with Crippen molar-refractivity contribution in [2.75, 3.05) is 0 Å². The second-order valence-corrected chi connectivity index (χ2v) is 6.35. The zero-order chi connectivity index (χ0) is 13.1. The third-order valence-electron chi connectivity index (χ3n) is 2.77. The largest absolute Gasteiger partial charge is 0.294 e. The highest BCUT2D eigenvalue weighted by Crippen LogP contribution is 2.18. The lowest BCUT2D eigenvalue weighted by molar-refractivity contribution is 0.0992. The third kappa shape index (κ3) is 3.42. The highest BCUT2D eigenvalue weighted by molar-refractivity contribution is 14.1. The molecule has 2 aromatic carbocycles. The van der Waals surface area contributed by atoms with Crippen LogP contribution in [0.3, 0.4) is 0 Å². The van der Waals surface area contributed by atoms with Crippen LogP contribution in [0.2, 0.25) is 0 Å². The van der Waals surface area contributed by atoms with Crippen LogP contribution in [-0.2, 0) is 6.42 Å². The van der Waals surface area contributed by atoms with E-state index in [2.05, 4.69) is 38.5 Å². The molecule has 0 unspecified atom stereocenters. The second-order valence-electron chi connectivity index (χ2n) is 4.19. The van der Waals surface area contributed by atoms with E-state index < -0.39 is 0 Å². The van der Waals surface area contributed by atoms with Crippen molar-refractivity contribution in [2.45, 2.75) is 13.3 Å². The number of hydrogen-bond donors (Lipinski definition) is 0. The van der Waals surface area contributed by atoms with Gasteiger partial charge in [0.05, 0.1) is 0 Å². The normalized spacial score (nSPS) is 10.4. The van der Waals surface area contributed by atoms with Gasteiger partial charge in [-0.3, -0.25) is 4.79 Å². The van der Waals surface area contributed by atoms with Crippen molar-refractivity contribution >= 4 is 44.3 Å². The molecule has 2 aromatic rings. The van der Waals surface area contributed by atoms with Gasteiger partial charge >= 0.3 is 0 Å². The lowest BCUT2D eigenvalue weighted by Gasteiger charge is -2.06. The summed E-state index contributed by atoms with van der Waals surface area (Å²) in [7, 11) is 0. The maximum atomic E-state index is 12.2. The standard InChI is InChI=1S/C15H12BrIO/c1-10-8-12(16)4-7-14(10)15(18)9-11-2-5-13(17)6-3-11/h2-8H,9H2,1H3. The summed E-state index contributed by atoms with van der Waals surface area (Å²) < 4.78 is 2.19. The number of carbonyl (C=O) groups is 1. The molecule has 0 saturated heterocycles. The van der Waals surface area contributed by atoms with Gasteiger partial charge < -0.3 is 0 Å². The zero-order valence-corrected chi connectivity index (χ0v) is 13.7. The molecule has 0 N–H and O–H groups in total. The van der Waals surface area contributed by atoms with Crippen LogP contribution in [0.5, 0.6) is 0 Å². The molecule has 0 heterocycles. The van der Waals surface area contributed by atoms with Crippen LogP contribution in [-0.4, -0.2) is 5.78 Å². The predicted molar refractivity (Wildman–Crippen MR) is 86.1 cm³/mol. The number of carbonyl (C=O) groups excluding carboxylic acids is 1. The minimum atomic E-state index is 0.168. The molecule has 0 aromatic heterocycles. The first kappa shape index (κ1) is 13.7. The first-order chi connectivity index (χ1) is 8.56. The smallest absolute Gasteiger partial charge is 0.167 e. The number of hydrogen-bond acceptors (Lipinski definition) is 1. The molecule has 0 saturated carbocycles. The third-order valence-corrected chi connectivity index (χ3v) is 3.98. The van der Waals surface area contributed by atoms with E-state index in [1.54, 1.807) is 0 Å². The second kappa shape index (κ2) is 5.97. The van der Waals surface area contributed by atoms with E-state index >= 15 is 0 Å². The Kier molecular flexibility index (Phi) is 4.56. The highest BCUT2D eigenvalue weighted by Gasteiger charge is 2.10. The summed E-state index contributed by atoms with van der Waals surface area (Å²) >= 11 is 5.67. The number of halogens is 2. The Bertz CT molecular complexity index is 576. The van der Waals surface area contributed by atoms with Gasteiger partial charge in [-0.15, -0.1) is 0 Å². The topological polar surface area (TPSA) is 17.1 Å². The van der Waals surface area contributed by atoms with Crippen molar-refractivity contribution in [3.05, 3.63) is 67.2 Å². The Morgan fingerprint density at radius 2 is 1.83 bits per heavy atom. The van der Waals surface area contributed by atoms with Crippen LogP contribution in [0.25, 0.3) is 0 Å². The molecule has 0 aliphatic heterocycles. The summed E-state index contributed by atoms with van der Waals surface area (Å²) in [5.41, 5.74) is 2.87. The summed E-state index contributed by atoms with van der Waals surface area (Å²) in [5.74, 6) is 0.168. The van der Waals surface area contributed by atoms with Gasteiger partial charge in [0.2, 0.25) is 0 Å². The lowest BCUT2D eigenvalue weighted by Crippen LogP contribution is -2.05. The van der Waals surface area contributed by atoms with Crippen molar-refractivity contribution in [3.8, 4) is 0 Å². The maximum Gasteiger partial charge on any atom is 0.167 e. The fourth-order valence-electron chi connectivity index (χ4n) is 1.82. The maximum absolute atomic E-state index is 12.2. The minimum absolute atomic E-state index is 0.168. The van der Waals surface area contributed by atoms with Gasteiger partial charge in [0, 0.05) is 20.0 Å². The Morgan fingerprint density at radius 3 is 2.44 bits per heavy atom. The number of Topliss-reactive ketones (excluding diaryl/α,β-unsaturated/α-hetero) is 1. The number of rotatable bonds is 3. The van der Waals surface area contributed by atoms with Crippen LogP contribution < -0.4 is 0 Å². The highest BCUT2D eigenvalue weighted by atomic mass is 127. The Balaban J connectivity index is 2.19.